The minimum atomic E-state index is 0.671. The molecule has 0 aliphatic carbocycles. The summed E-state index contributed by atoms with van der Waals surface area (Å²) in [5.74, 6) is 0. The molecule has 0 saturated carbocycles. The first-order chi connectivity index (χ1) is 10.8. The van der Waals surface area contributed by atoms with E-state index in [0.29, 0.717) is 5.56 Å². The van der Waals surface area contributed by atoms with Gasteiger partial charge in [0, 0.05) is 15.5 Å². The zero-order valence-corrected chi connectivity index (χ0v) is 12.7. The Balaban J connectivity index is 1.99. The number of hydrogen-bond donors (Lipinski definition) is 1. The number of nitrogens with zero attached hydrogens (tertiary/aromatic N) is 1. The predicted octanol–water partition coefficient (Wildman–Crippen LogP) is 4.96. The zero-order chi connectivity index (χ0) is 15.4. The van der Waals surface area contributed by atoms with Crippen LogP contribution in [0.2, 0.25) is 0 Å². The fraction of sp³-hybridized carbons (Fsp3) is 0. The maximum atomic E-state index is 9.07. The third-order valence-corrected chi connectivity index (χ3v) is 4.38. The van der Waals surface area contributed by atoms with Crippen LogP contribution < -0.4 is 5.73 Å². The minimum absolute atomic E-state index is 0.671. The van der Waals surface area contributed by atoms with Crippen LogP contribution in [0, 0.1) is 11.3 Å². The van der Waals surface area contributed by atoms with E-state index in [2.05, 4.69) is 18.2 Å². The molecule has 0 spiro atoms. The van der Waals surface area contributed by atoms with Gasteiger partial charge in [0.1, 0.15) is 0 Å². The summed E-state index contributed by atoms with van der Waals surface area (Å²) in [6.07, 6.45) is 0. The third-order valence-electron chi connectivity index (χ3n) is 3.30. The van der Waals surface area contributed by atoms with Crippen LogP contribution in [0.5, 0.6) is 0 Å². The Morgan fingerprint density at radius 1 is 0.864 bits per heavy atom. The second-order valence-corrected chi connectivity index (χ2v) is 5.98. The second kappa shape index (κ2) is 6.38. The van der Waals surface area contributed by atoms with Crippen molar-refractivity contribution in [1.29, 1.82) is 5.26 Å². The van der Waals surface area contributed by atoms with Crippen molar-refractivity contribution in [3.8, 4) is 17.2 Å². The molecule has 0 aromatic heterocycles. The van der Waals surface area contributed by atoms with E-state index in [9.17, 15) is 0 Å². The highest BCUT2D eigenvalue weighted by Crippen LogP contribution is 2.36. The van der Waals surface area contributed by atoms with Crippen LogP contribution in [0.1, 0.15) is 5.56 Å². The lowest BCUT2D eigenvalue weighted by Crippen LogP contribution is -1.85. The van der Waals surface area contributed by atoms with E-state index < -0.39 is 0 Å². The molecule has 3 rings (SSSR count). The SMILES string of the molecule is N#Cc1cccc(-c2ccccc2Sc2ccc(N)cc2)c1. The summed E-state index contributed by atoms with van der Waals surface area (Å²) in [7, 11) is 0. The summed E-state index contributed by atoms with van der Waals surface area (Å²) in [4.78, 5) is 2.29. The monoisotopic (exact) mass is 302 g/mol. The van der Waals surface area contributed by atoms with Gasteiger partial charge >= 0.3 is 0 Å². The van der Waals surface area contributed by atoms with Crippen molar-refractivity contribution in [3.05, 3.63) is 78.4 Å². The molecule has 0 aliphatic rings. The summed E-state index contributed by atoms with van der Waals surface area (Å²) < 4.78 is 0. The lowest BCUT2D eigenvalue weighted by atomic mass is 10.0. The van der Waals surface area contributed by atoms with Crippen LogP contribution in [-0.4, -0.2) is 0 Å². The molecular weight excluding hydrogens is 288 g/mol. The largest absolute Gasteiger partial charge is 0.399 e. The first kappa shape index (κ1) is 14.2. The van der Waals surface area contributed by atoms with E-state index in [0.717, 1.165) is 26.6 Å². The Morgan fingerprint density at radius 2 is 1.64 bits per heavy atom. The highest BCUT2D eigenvalue weighted by atomic mass is 32.2. The van der Waals surface area contributed by atoms with E-state index in [1.54, 1.807) is 11.8 Å². The van der Waals surface area contributed by atoms with Gasteiger partial charge in [-0.1, -0.05) is 42.1 Å². The van der Waals surface area contributed by atoms with Gasteiger partial charge in [-0.05, 0) is 53.6 Å². The summed E-state index contributed by atoms with van der Waals surface area (Å²) in [5, 5.41) is 9.07. The normalized spacial score (nSPS) is 10.1. The molecule has 0 aliphatic heterocycles. The Kier molecular flexibility index (Phi) is 4.13. The van der Waals surface area contributed by atoms with Gasteiger partial charge in [-0.3, -0.25) is 0 Å². The lowest BCUT2D eigenvalue weighted by molar-refractivity contribution is 1.40. The average molecular weight is 302 g/mol. The smallest absolute Gasteiger partial charge is 0.0991 e. The number of nitrogen functional groups attached to an aromatic ring is 1. The molecule has 0 heterocycles. The summed E-state index contributed by atoms with van der Waals surface area (Å²) in [6.45, 7) is 0. The topological polar surface area (TPSA) is 49.8 Å². The molecule has 0 amide bonds. The van der Waals surface area contributed by atoms with E-state index in [4.69, 9.17) is 11.0 Å². The standard InChI is InChI=1S/C19H14N2S/c20-13-14-4-3-5-15(12-14)18-6-1-2-7-19(18)22-17-10-8-16(21)9-11-17/h1-12H,21H2. The highest BCUT2D eigenvalue weighted by molar-refractivity contribution is 7.99. The van der Waals surface area contributed by atoms with Crippen LogP contribution in [-0.2, 0) is 0 Å². The van der Waals surface area contributed by atoms with Crippen molar-refractivity contribution in [1.82, 2.24) is 0 Å². The van der Waals surface area contributed by atoms with Gasteiger partial charge in [0.25, 0.3) is 0 Å². The molecule has 106 valence electrons. The van der Waals surface area contributed by atoms with E-state index in [1.807, 2.05) is 60.7 Å². The maximum Gasteiger partial charge on any atom is 0.0991 e. The van der Waals surface area contributed by atoms with Crippen LogP contribution in [0.25, 0.3) is 11.1 Å². The van der Waals surface area contributed by atoms with Gasteiger partial charge < -0.3 is 5.73 Å². The summed E-state index contributed by atoms with van der Waals surface area (Å²) in [5.41, 5.74) is 9.35. The molecule has 0 unspecified atom stereocenters. The van der Waals surface area contributed by atoms with Gasteiger partial charge in [0.15, 0.2) is 0 Å². The fourth-order valence-electron chi connectivity index (χ4n) is 2.21. The van der Waals surface area contributed by atoms with Gasteiger partial charge in [0.05, 0.1) is 11.6 Å². The van der Waals surface area contributed by atoms with Crippen LogP contribution >= 0.6 is 11.8 Å². The fourth-order valence-corrected chi connectivity index (χ4v) is 3.18. The van der Waals surface area contributed by atoms with Crippen LogP contribution in [0.3, 0.4) is 0 Å². The highest BCUT2D eigenvalue weighted by Gasteiger charge is 2.07. The molecule has 0 bridgehead atoms. The van der Waals surface area contributed by atoms with Crippen molar-refractivity contribution in [2.75, 3.05) is 5.73 Å². The van der Waals surface area contributed by atoms with E-state index in [-0.39, 0.29) is 0 Å². The van der Waals surface area contributed by atoms with Crippen LogP contribution in [0.15, 0.2) is 82.6 Å². The molecular formula is C19H14N2S. The molecule has 3 aromatic carbocycles. The van der Waals surface area contributed by atoms with E-state index in [1.165, 1.54) is 0 Å². The molecule has 2 nitrogen and oxygen atoms in total. The molecule has 0 fully saturated rings. The first-order valence-corrected chi connectivity index (χ1v) is 7.71. The molecule has 0 atom stereocenters. The number of nitrogens with two attached hydrogens (primary N) is 1. The minimum Gasteiger partial charge on any atom is -0.399 e. The van der Waals surface area contributed by atoms with Crippen molar-refractivity contribution in [2.45, 2.75) is 9.79 Å². The van der Waals surface area contributed by atoms with Gasteiger partial charge in [-0.25, -0.2) is 0 Å². The van der Waals surface area contributed by atoms with Crippen molar-refractivity contribution < 1.29 is 0 Å². The molecule has 0 saturated heterocycles. The molecule has 3 heteroatoms. The Hall–Kier alpha value is -2.70. The lowest BCUT2D eigenvalue weighted by Gasteiger charge is -2.10. The van der Waals surface area contributed by atoms with Crippen molar-refractivity contribution in [2.24, 2.45) is 0 Å². The number of nitriles is 1. The Bertz CT molecular complexity index is 833. The van der Waals surface area contributed by atoms with E-state index >= 15 is 0 Å². The molecule has 3 aromatic rings. The number of anilines is 1. The molecule has 2 N–H and O–H groups in total. The third kappa shape index (κ3) is 3.13. The number of hydrogen-bond acceptors (Lipinski definition) is 3. The molecule has 0 radical (unpaired) electrons. The second-order valence-electron chi connectivity index (χ2n) is 4.86. The zero-order valence-electron chi connectivity index (χ0n) is 11.9. The van der Waals surface area contributed by atoms with Gasteiger partial charge in [-0.2, -0.15) is 5.26 Å². The summed E-state index contributed by atoms with van der Waals surface area (Å²) in [6, 6.07) is 25.9. The Morgan fingerprint density at radius 3 is 2.41 bits per heavy atom. The van der Waals surface area contributed by atoms with Crippen LogP contribution in [0.4, 0.5) is 5.69 Å². The average Bonchev–Trinajstić information content (AvgIpc) is 2.57. The predicted molar refractivity (Wildman–Crippen MR) is 91.6 cm³/mol. The van der Waals surface area contributed by atoms with Gasteiger partial charge in [-0.15, -0.1) is 0 Å². The maximum absolute atomic E-state index is 9.07. The Labute approximate surface area is 134 Å². The van der Waals surface area contributed by atoms with Gasteiger partial charge in [0.2, 0.25) is 0 Å². The van der Waals surface area contributed by atoms with Crippen molar-refractivity contribution in [3.63, 3.8) is 0 Å². The number of benzene rings is 3. The molecule has 22 heavy (non-hydrogen) atoms. The van der Waals surface area contributed by atoms with Crippen molar-refractivity contribution >= 4 is 17.4 Å². The summed E-state index contributed by atoms with van der Waals surface area (Å²) >= 11 is 1.69. The number of rotatable bonds is 3. The first-order valence-electron chi connectivity index (χ1n) is 6.89. The quantitative estimate of drug-likeness (QED) is 0.696.